The van der Waals surface area contributed by atoms with Gasteiger partial charge in [-0.3, -0.25) is 14.6 Å². The molecule has 2 aromatic carbocycles. The Balaban J connectivity index is 1.75. The van der Waals surface area contributed by atoms with Gasteiger partial charge in [-0.1, -0.05) is 6.07 Å². The first kappa shape index (κ1) is 18.1. The molecule has 2 amide bonds. The lowest BCUT2D eigenvalue weighted by Crippen LogP contribution is -2.16. The van der Waals surface area contributed by atoms with Gasteiger partial charge in [-0.15, -0.1) is 0 Å². The van der Waals surface area contributed by atoms with E-state index in [-0.39, 0.29) is 5.69 Å². The van der Waals surface area contributed by atoms with E-state index < -0.39 is 34.8 Å². The number of aromatic nitrogens is 1. The molecule has 0 saturated carbocycles. The van der Waals surface area contributed by atoms with E-state index in [0.717, 1.165) is 6.07 Å². The summed E-state index contributed by atoms with van der Waals surface area (Å²) in [5, 5.41) is 4.99. The third-order valence-corrected chi connectivity index (χ3v) is 3.58. The molecule has 0 unspecified atom stereocenters. The third-order valence-electron chi connectivity index (χ3n) is 3.58. The predicted octanol–water partition coefficient (Wildman–Crippen LogP) is 4.00. The number of benzene rings is 2. The summed E-state index contributed by atoms with van der Waals surface area (Å²) in [5.41, 5.74) is 0.301. The first-order chi connectivity index (χ1) is 13.0. The van der Waals surface area contributed by atoms with Crippen molar-refractivity contribution in [3.8, 4) is 0 Å². The summed E-state index contributed by atoms with van der Waals surface area (Å²) in [5.74, 6) is -6.04. The predicted molar refractivity (Wildman–Crippen MR) is 92.9 cm³/mol. The Bertz CT molecular complexity index is 1010. The topological polar surface area (TPSA) is 71.1 Å². The zero-order chi connectivity index (χ0) is 19.4. The zero-order valence-corrected chi connectivity index (χ0v) is 13.7. The van der Waals surface area contributed by atoms with E-state index in [2.05, 4.69) is 15.6 Å². The molecule has 3 aromatic rings. The number of nitrogens with one attached hydrogen (secondary N) is 2. The molecule has 8 heteroatoms. The van der Waals surface area contributed by atoms with Gasteiger partial charge in [-0.25, -0.2) is 13.2 Å². The fraction of sp³-hybridized carbons (Fsp3) is 0. The molecule has 0 atom stereocenters. The van der Waals surface area contributed by atoms with E-state index in [1.807, 2.05) is 0 Å². The molecule has 0 aliphatic carbocycles. The molecule has 0 aliphatic heterocycles. The highest BCUT2D eigenvalue weighted by molar-refractivity contribution is 6.06. The summed E-state index contributed by atoms with van der Waals surface area (Å²) >= 11 is 0. The molecule has 5 nitrogen and oxygen atoms in total. The van der Waals surface area contributed by atoms with E-state index in [1.54, 1.807) is 24.3 Å². The van der Waals surface area contributed by atoms with Crippen LogP contribution >= 0.6 is 0 Å². The molecular weight excluding hydrogens is 359 g/mol. The summed E-state index contributed by atoms with van der Waals surface area (Å²) in [6.45, 7) is 0. The van der Waals surface area contributed by atoms with Gasteiger partial charge in [0.2, 0.25) is 0 Å². The molecule has 0 fully saturated rings. The van der Waals surface area contributed by atoms with E-state index >= 15 is 0 Å². The highest BCUT2D eigenvalue weighted by Gasteiger charge is 2.19. The monoisotopic (exact) mass is 371 g/mol. The maximum atomic E-state index is 13.7. The molecule has 136 valence electrons. The fourth-order valence-corrected chi connectivity index (χ4v) is 2.27. The van der Waals surface area contributed by atoms with Gasteiger partial charge in [0.05, 0.1) is 11.1 Å². The summed E-state index contributed by atoms with van der Waals surface area (Å²) in [6, 6.07) is 10.8. The van der Waals surface area contributed by atoms with Crippen molar-refractivity contribution in [2.24, 2.45) is 0 Å². The molecule has 0 saturated heterocycles. The number of pyridine rings is 1. The molecule has 1 aromatic heterocycles. The van der Waals surface area contributed by atoms with Crippen LogP contribution in [0.25, 0.3) is 0 Å². The number of halogens is 3. The van der Waals surface area contributed by atoms with Crippen LogP contribution < -0.4 is 10.6 Å². The van der Waals surface area contributed by atoms with Crippen LogP contribution in [0.5, 0.6) is 0 Å². The number of anilines is 2. The third kappa shape index (κ3) is 4.12. The molecular formula is C19H12F3N3O2. The minimum absolute atomic E-state index is 0.230. The Morgan fingerprint density at radius 2 is 1.52 bits per heavy atom. The van der Waals surface area contributed by atoms with Crippen LogP contribution in [0.2, 0.25) is 0 Å². The van der Waals surface area contributed by atoms with Gasteiger partial charge >= 0.3 is 0 Å². The van der Waals surface area contributed by atoms with Crippen molar-refractivity contribution in [1.29, 1.82) is 0 Å². The number of hydrogen-bond donors (Lipinski definition) is 2. The van der Waals surface area contributed by atoms with Crippen LogP contribution in [-0.2, 0) is 0 Å². The first-order valence-corrected chi connectivity index (χ1v) is 7.72. The van der Waals surface area contributed by atoms with Gasteiger partial charge in [0.15, 0.2) is 17.5 Å². The van der Waals surface area contributed by atoms with Crippen LogP contribution in [0.3, 0.4) is 0 Å². The van der Waals surface area contributed by atoms with Crippen LogP contribution in [0.4, 0.5) is 24.5 Å². The SMILES string of the molecule is O=C(Nc1cccc(NC(=O)c2ccc(F)c(F)c2F)c1)c1cccnc1. The Morgan fingerprint density at radius 3 is 2.19 bits per heavy atom. The van der Waals surface area contributed by atoms with Gasteiger partial charge in [-0.2, -0.15) is 0 Å². The summed E-state index contributed by atoms with van der Waals surface area (Å²) in [7, 11) is 0. The lowest BCUT2D eigenvalue weighted by Gasteiger charge is -2.10. The van der Waals surface area contributed by atoms with Crippen LogP contribution in [-0.4, -0.2) is 16.8 Å². The van der Waals surface area contributed by atoms with Crippen molar-refractivity contribution in [3.05, 3.63) is 89.5 Å². The standard InChI is InChI=1S/C19H12F3N3O2/c20-15-7-6-14(16(21)17(15)22)19(27)25-13-5-1-4-12(9-13)24-18(26)11-3-2-8-23-10-11/h1-10H,(H,24,26)(H,25,27). The summed E-state index contributed by atoms with van der Waals surface area (Å²) < 4.78 is 40.0. The maximum Gasteiger partial charge on any atom is 0.258 e. The average molecular weight is 371 g/mol. The molecule has 0 spiro atoms. The number of rotatable bonds is 4. The first-order valence-electron chi connectivity index (χ1n) is 7.72. The number of hydrogen-bond acceptors (Lipinski definition) is 3. The smallest absolute Gasteiger partial charge is 0.258 e. The molecule has 3 rings (SSSR count). The van der Waals surface area contributed by atoms with E-state index in [0.29, 0.717) is 17.3 Å². The van der Waals surface area contributed by atoms with Crippen molar-refractivity contribution < 1.29 is 22.8 Å². The van der Waals surface area contributed by atoms with E-state index in [4.69, 9.17) is 0 Å². The maximum absolute atomic E-state index is 13.7. The minimum Gasteiger partial charge on any atom is -0.322 e. The second-order valence-corrected chi connectivity index (χ2v) is 5.45. The van der Waals surface area contributed by atoms with Gasteiger partial charge in [-0.05, 0) is 42.5 Å². The molecule has 0 bridgehead atoms. The van der Waals surface area contributed by atoms with Crippen molar-refractivity contribution in [1.82, 2.24) is 4.98 Å². The second kappa shape index (κ2) is 7.69. The zero-order valence-electron chi connectivity index (χ0n) is 13.7. The highest BCUT2D eigenvalue weighted by atomic mass is 19.2. The molecule has 27 heavy (non-hydrogen) atoms. The lowest BCUT2D eigenvalue weighted by molar-refractivity contribution is 0.101. The van der Waals surface area contributed by atoms with E-state index in [9.17, 15) is 22.8 Å². The van der Waals surface area contributed by atoms with Crippen LogP contribution in [0.15, 0.2) is 60.9 Å². The molecule has 2 N–H and O–H groups in total. The Hall–Kier alpha value is -3.68. The van der Waals surface area contributed by atoms with Crippen LogP contribution in [0.1, 0.15) is 20.7 Å². The summed E-state index contributed by atoms with van der Waals surface area (Å²) in [4.78, 5) is 28.1. The Labute approximate surface area is 151 Å². The normalized spacial score (nSPS) is 10.3. The Morgan fingerprint density at radius 1 is 0.815 bits per heavy atom. The van der Waals surface area contributed by atoms with Crippen molar-refractivity contribution >= 4 is 23.2 Å². The largest absolute Gasteiger partial charge is 0.322 e. The second-order valence-electron chi connectivity index (χ2n) is 5.45. The number of amides is 2. The Kier molecular flexibility index (Phi) is 5.16. The van der Waals surface area contributed by atoms with Gasteiger partial charge in [0, 0.05) is 23.8 Å². The van der Waals surface area contributed by atoms with Gasteiger partial charge < -0.3 is 10.6 Å². The van der Waals surface area contributed by atoms with Crippen molar-refractivity contribution in [3.63, 3.8) is 0 Å². The van der Waals surface area contributed by atoms with Crippen molar-refractivity contribution in [2.45, 2.75) is 0 Å². The summed E-state index contributed by atoms with van der Waals surface area (Å²) in [6.07, 6.45) is 2.93. The van der Waals surface area contributed by atoms with E-state index in [1.165, 1.54) is 24.5 Å². The quantitative estimate of drug-likeness (QED) is 0.681. The number of nitrogens with zero attached hydrogens (tertiary/aromatic N) is 1. The molecule has 0 aliphatic rings. The van der Waals surface area contributed by atoms with Gasteiger partial charge in [0.1, 0.15) is 0 Å². The van der Waals surface area contributed by atoms with Gasteiger partial charge in [0.25, 0.3) is 11.8 Å². The number of carbonyl (C=O) groups excluding carboxylic acids is 2. The number of carbonyl (C=O) groups is 2. The average Bonchev–Trinajstić information content (AvgIpc) is 2.67. The van der Waals surface area contributed by atoms with Crippen LogP contribution in [0, 0.1) is 17.5 Å². The molecule has 1 heterocycles. The lowest BCUT2D eigenvalue weighted by atomic mass is 10.1. The van der Waals surface area contributed by atoms with Crippen molar-refractivity contribution in [2.75, 3.05) is 10.6 Å². The fourth-order valence-electron chi connectivity index (χ4n) is 2.27. The minimum atomic E-state index is -1.72. The highest BCUT2D eigenvalue weighted by Crippen LogP contribution is 2.19. The molecule has 0 radical (unpaired) electrons.